The molecule has 2 aromatic carbocycles. The molecule has 0 aliphatic carbocycles. The van der Waals surface area contributed by atoms with Crippen LogP contribution in [0, 0.1) is 20.8 Å². The molecule has 31 heavy (non-hydrogen) atoms. The zero-order chi connectivity index (χ0) is 22.4. The smallest absolute Gasteiger partial charge is 0.173 e. The van der Waals surface area contributed by atoms with Crippen molar-refractivity contribution in [3.8, 4) is 0 Å². The molecule has 0 aromatic heterocycles. The number of methoxy groups -OCH3 is 1. The molecule has 2 aromatic rings. The Morgan fingerprint density at radius 1 is 1.16 bits per heavy atom. The first-order valence-electron chi connectivity index (χ1n) is 11.4. The summed E-state index contributed by atoms with van der Waals surface area (Å²) in [5.74, 6) is 0. The van der Waals surface area contributed by atoms with Gasteiger partial charge in [0.2, 0.25) is 0 Å². The van der Waals surface area contributed by atoms with Gasteiger partial charge in [-0.25, -0.2) is 0 Å². The predicted octanol–water partition coefficient (Wildman–Crippen LogP) is 5.62. The number of rotatable bonds is 8. The van der Waals surface area contributed by atoms with E-state index in [-0.39, 0.29) is 0 Å². The molecule has 0 radical (unpaired) electrons. The molecule has 0 bridgehead atoms. The fourth-order valence-electron chi connectivity index (χ4n) is 4.57. The minimum atomic E-state index is 0.642. The van der Waals surface area contributed by atoms with Crippen molar-refractivity contribution in [2.24, 2.45) is 0 Å². The average molecular weight is 440 g/mol. The van der Waals surface area contributed by atoms with Crippen LogP contribution in [0.1, 0.15) is 47.6 Å². The van der Waals surface area contributed by atoms with Gasteiger partial charge < -0.3 is 19.9 Å². The van der Waals surface area contributed by atoms with Crippen molar-refractivity contribution in [3.05, 3.63) is 58.1 Å². The third kappa shape index (κ3) is 5.98. The molecule has 0 atom stereocenters. The highest BCUT2D eigenvalue weighted by Crippen LogP contribution is 2.29. The molecule has 0 saturated carbocycles. The maximum Gasteiger partial charge on any atom is 0.173 e. The topological polar surface area (TPSA) is 27.7 Å². The van der Waals surface area contributed by atoms with E-state index in [4.69, 9.17) is 17.0 Å². The maximum atomic E-state index is 5.85. The average Bonchev–Trinajstić information content (AvgIpc) is 2.73. The lowest BCUT2D eigenvalue weighted by Gasteiger charge is -2.32. The van der Waals surface area contributed by atoms with E-state index in [2.05, 4.69) is 73.1 Å². The van der Waals surface area contributed by atoms with Gasteiger partial charge in [0.15, 0.2) is 5.11 Å². The van der Waals surface area contributed by atoms with Crippen molar-refractivity contribution in [3.63, 3.8) is 0 Å². The molecule has 3 rings (SSSR count). The van der Waals surface area contributed by atoms with Crippen molar-refractivity contribution in [1.82, 2.24) is 4.90 Å². The highest BCUT2D eigenvalue weighted by molar-refractivity contribution is 7.80. The summed E-state index contributed by atoms with van der Waals surface area (Å²) in [5, 5.41) is 4.26. The summed E-state index contributed by atoms with van der Waals surface area (Å²) >= 11 is 5.85. The van der Waals surface area contributed by atoms with E-state index in [1.54, 1.807) is 7.11 Å². The van der Waals surface area contributed by atoms with E-state index in [1.165, 1.54) is 52.9 Å². The zero-order valence-corrected chi connectivity index (χ0v) is 20.6. The molecule has 0 saturated heterocycles. The Balaban J connectivity index is 1.78. The van der Waals surface area contributed by atoms with Gasteiger partial charge in [-0.05, 0) is 80.6 Å². The van der Waals surface area contributed by atoms with E-state index in [0.29, 0.717) is 6.61 Å². The molecular formula is C26H37N3OS. The van der Waals surface area contributed by atoms with Gasteiger partial charge in [-0.15, -0.1) is 0 Å². The minimum Gasteiger partial charge on any atom is -0.383 e. The number of nitrogens with zero attached hydrogens (tertiary/aromatic N) is 2. The molecule has 1 heterocycles. The van der Waals surface area contributed by atoms with Gasteiger partial charge in [-0.2, -0.15) is 0 Å². The van der Waals surface area contributed by atoms with Crippen LogP contribution in [0.3, 0.4) is 0 Å². The van der Waals surface area contributed by atoms with E-state index in [0.717, 1.165) is 36.9 Å². The molecule has 0 unspecified atom stereocenters. The first-order valence-corrected chi connectivity index (χ1v) is 11.8. The van der Waals surface area contributed by atoms with Crippen LogP contribution in [0.25, 0.3) is 0 Å². The summed E-state index contributed by atoms with van der Waals surface area (Å²) in [6, 6.07) is 11.3. The van der Waals surface area contributed by atoms with Crippen LogP contribution in [-0.4, -0.2) is 43.4 Å². The normalized spacial score (nSPS) is 13.1. The second-order valence-corrected chi connectivity index (χ2v) is 9.06. The summed E-state index contributed by atoms with van der Waals surface area (Å²) in [7, 11) is 1.74. The van der Waals surface area contributed by atoms with Gasteiger partial charge in [-0.3, -0.25) is 0 Å². The molecule has 4 nitrogen and oxygen atoms in total. The minimum absolute atomic E-state index is 0.642. The Kier molecular flexibility index (Phi) is 8.33. The fourth-order valence-corrected chi connectivity index (χ4v) is 4.82. The van der Waals surface area contributed by atoms with Gasteiger partial charge in [0, 0.05) is 44.7 Å². The largest absolute Gasteiger partial charge is 0.383 e. The van der Waals surface area contributed by atoms with Crippen molar-refractivity contribution < 1.29 is 4.74 Å². The van der Waals surface area contributed by atoms with Gasteiger partial charge in [-0.1, -0.05) is 36.8 Å². The van der Waals surface area contributed by atoms with Crippen LogP contribution in [0.5, 0.6) is 0 Å². The van der Waals surface area contributed by atoms with Gasteiger partial charge in [0.25, 0.3) is 0 Å². The van der Waals surface area contributed by atoms with E-state index in [1.807, 2.05) is 0 Å². The van der Waals surface area contributed by atoms with E-state index in [9.17, 15) is 0 Å². The molecule has 168 valence electrons. The maximum absolute atomic E-state index is 5.85. The number of fused-ring (bicyclic) bond motifs is 1. The Labute approximate surface area is 193 Å². The van der Waals surface area contributed by atoms with Crippen LogP contribution in [0.2, 0.25) is 0 Å². The van der Waals surface area contributed by atoms with Crippen LogP contribution < -0.4 is 10.2 Å². The number of thiocarbonyl (C=S) groups is 1. The van der Waals surface area contributed by atoms with Crippen LogP contribution >= 0.6 is 12.2 Å². The summed E-state index contributed by atoms with van der Waals surface area (Å²) in [6.07, 6.45) is 3.57. The van der Waals surface area contributed by atoms with Crippen molar-refractivity contribution >= 4 is 28.7 Å². The Morgan fingerprint density at radius 2 is 1.90 bits per heavy atom. The number of aryl methyl sites for hydroxylation is 4. The monoisotopic (exact) mass is 439 g/mol. The first-order chi connectivity index (χ1) is 14.9. The number of nitrogens with one attached hydrogen (secondary N) is 1. The number of ether oxygens (including phenoxy) is 1. The second kappa shape index (κ2) is 11.0. The number of hydrogen-bond donors (Lipinski definition) is 1. The molecule has 0 spiro atoms. The highest BCUT2D eigenvalue weighted by atomic mass is 32.1. The summed E-state index contributed by atoms with van der Waals surface area (Å²) < 4.78 is 5.37. The van der Waals surface area contributed by atoms with Gasteiger partial charge >= 0.3 is 0 Å². The lowest BCUT2D eigenvalue weighted by molar-refractivity contribution is 0.175. The number of anilines is 2. The van der Waals surface area contributed by atoms with Gasteiger partial charge in [0.05, 0.1) is 6.61 Å². The fraction of sp³-hybridized carbons (Fsp3) is 0.500. The van der Waals surface area contributed by atoms with Crippen molar-refractivity contribution in [2.75, 3.05) is 43.6 Å². The van der Waals surface area contributed by atoms with Crippen molar-refractivity contribution in [2.45, 2.75) is 53.5 Å². The van der Waals surface area contributed by atoms with Crippen LogP contribution in [-0.2, 0) is 17.7 Å². The number of benzene rings is 2. The zero-order valence-electron chi connectivity index (χ0n) is 19.8. The Bertz CT molecular complexity index is 889. The highest BCUT2D eigenvalue weighted by Gasteiger charge is 2.18. The number of hydrogen-bond acceptors (Lipinski definition) is 3. The Morgan fingerprint density at radius 3 is 2.58 bits per heavy atom. The SMILES string of the molecule is CCCN1CCCc2cc(CN(CCOC)C(=S)Nc3c(C)cc(C)cc3C)ccc21. The standard InChI is InChI=1S/C26H37N3OS/c1-6-11-28-12-7-8-23-17-22(9-10-24(23)28)18-29(13-14-30-5)26(31)27-25-20(3)15-19(2)16-21(25)4/h9-10,15-17H,6-8,11-14,18H2,1-5H3,(H,27,31). The molecule has 1 aliphatic heterocycles. The lowest BCUT2D eigenvalue weighted by atomic mass is 9.99. The third-order valence-electron chi connectivity index (χ3n) is 5.99. The lowest BCUT2D eigenvalue weighted by Crippen LogP contribution is -2.37. The molecule has 5 heteroatoms. The quantitative estimate of drug-likeness (QED) is 0.539. The van der Waals surface area contributed by atoms with Crippen LogP contribution in [0.15, 0.2) is 30.3 Å². The van der Waals surface area contributed by atoms with Crippen molar-refractivity contribution in [1.29, 1.82) is 0 Å². The summed E-state index contributed by atoms with van der Waals surface area (Å²) in [5.41, 5.74) is 9.00. The molecular weight excluding hydrogens is 402 g/mol. The predicted molar refractivity (Wildman–Crippen MR) is 136 cm³/mol. The Hall–Kier alpha value is -2.11. The van der Waals surface area contributed by atoms with Crippen LogP contribution in [0.4, 0.5) is 11.4 Å². The molecule has 1 N–H and O–H groups in total. The second-order valence-electron chi connectivity index (χ2n) is 8.67. The summed E-state index contributed by atoms with van der Waals surface area (Å²) in [6.45, 7) is 13.1. The van der Waals surface area contributed by atoms with Gasteiger partial charge in [0.1, 0.15) is 0 Å². The summed E-state index contributed by atoms with van der Waals surface area (Å²) in [4.78, 5) is 4.74. The first kappa shape index (κ1) is 23.6. The molecule has 1 aliphatic rings. The molecule has 0 fully saturated rings. The van der Waals surface area contributed by atoms with E-state index >= 15 is 0 Å². The molecule has 0 amide bonds. The third-order valence-corrected chi connectivity index (χ3v) is 6.35. The van der Waals surface area contributed by atoms with E-state index < -0.39 is 0 Å².